The van der Waals surface area contributed by atoms with Crippen LogP contribution in [0.25, 0.3) is 0 Å². The van der Waals surface area contributed by atoms with Crippen molar-refractivity contribution in [1.82, 2.24) is 10.1 Å². The van der Waals surface area contributed by atoms with Gasteiger partial charge in [-0.25, -0.2) is 0 Å². The largest absolute Gasteiger partial charge is 0.351 e. The highest BCUT2D eigenvalue weighted by Gasteiger charge is 2.37. The molecule has 1 aliphatic carbocycles. The Hall–Kier alpha value is -1.32. The standard InChI is InChI=1S/C18H28N2O2/c1-3-13(4-2)15-12-17(22-19-15)18(21)20-11-7-10-16(20)14-8-5-6-9-14/h12-14,16H,3-11H2,1-2H3/t16-/m1/s1. The smallest absolute Gasteiger partial charge is 0.292 e. The molecule has 0 unspecified atom stereocenters. The molecule has 0 aromatic carbocycles. The van der Waals surface area contributed by atoms with Gasteiger partial charge in [0, 0.05) is 24.6 Å². The second-order valence-corrected chi connectivity index (χ2v) is 6.88. The molecule has 4 nitrogen and oxygen atoms in total. The normalized spacial score (nSPS) is 22.9. The van der Waals surface area contributed by atoms with Crippen molar-refractivity contribution in [3.05, 3.63) is 17.5 Å². The predicted molar refractivity (Wildman–Crippen MR) is 85.8 cm³/mol. The number of aromatic nitrogens is 1. The van der Waals surface area contributed by atoms with E-state index in [9.17, 15) is 4.79 Å². The molecule has 2 heterocycles. The summed E-state index contributed by atoms with van der Waals surface area (Å²) in [6, 6.07) is 2.31. The van der Waals surface area contributed by atoms with Crippen LogP contribution >= 0.6 is 0 Å². The zero-order valence-corrected chi connectivity index (χ0v) is 13.9. The molecular weight excluding hydrogens is 276 g/mol. The first kappa shape index (κ1) is 15.6. The Morgan fingerprint density at radius 3 is 2.68 bits per heavy atom. The molecule has 1 atom stereocenters. The van der Waals surface area contributed by atoms with Crippen molar-refractivity contribution < 1.29 is 9.32 Å². The average Bonchev–Trinajstić information content (AvgIpc) is 3.27. The van der Waals surface area contributed by atoms with Crippen molar-refractivity contribution in [3.63, 3.8) is 0 Å². The molecule has 1 amide bonds. The van der Waals surface area contributed by atoms with Gasteiger partial charge in [-0.2, -0.15) is 0 Å². The van der Waals surface area contributed by atoms with Crippen molar-refractivity contribution in [2.45, 2.75) is 77.2 Å². The topological polar surface area (TPSA) is 46.3 Å². The van der Waals surface area contributed by atoms with Gasteiger partial charge >= 0.3 is 0 Å². The van der Waals surface area contributed by atoms with Crippen LogP contribution in [0.3, 0.4) is 0 Å². The molecule has 0 radical (unpaired) electrons. The molecule has 0 bridgehead atoms. The van der Waals surface area contributed by atoms with E-state index in [4.69, 9.17) is 4.52 Å². The van der Waals surface area contributed by atoms with E-state index in [2.05, 4.69) is 23.9 Å². The van der Waals surface area contributed by atoms with Crippen LogP contribution in [0.5, 0.6) is 0 Å². The van der Waals surface area contributed by atoms with Crippen LogP contribution in [-0.4, -0.2) is 28.6 Å². The lowest BCUT2D eigenvalue weighted by atomic mass is 9.96. The third kappa shape index (κ3) is 2.92. The summed E-state index contributed by atoms with van der Waals surface area (Å²) in [4.78, 5) is 14.9. The maximum Gasteiger partial charge on any atom is 0.292 e. The van der Waals surface area contributed by atoms with Gasteiger partial charge in [-0.3, -0.25) is 4.79 Å². The summed E-state index contributed by atoms with van der Waals surface area (Å²) in [5, 5.41) is 4.15. The molecule has 1 saturated heterocycles. The molecule has 22 heavy (non-hydrogen) atoms. The Morgan fingerprint density at radius 2 is 2.00 bits per heavy atom. The van der Waals surface area contributed by atoms with Gasteiger partial charge in [-0.1, -0.05) is 31.8 Å². The van der Waals surface area contributed by atoms with Gasteiger partial charge in [0.15, 0.2) is 0 Å². The molecule has 0 spiro atoms. The summed E-state index contributed by atoms with van der Waals surface area (Å²) in [7, 11) is 0. The number of carbonyl (C=O) groups is 1. The van der Waals surface area contributed by atoms with Crippen LogP contribution in [0.1, 0.15) is 87.4 Å². The summed E-state index contributed by atoms with van der Waals surface area (Å²) in [5.74, 6) is 1.59. The first-order chi connectivity index (χ1) is 10.7. The van der Waals surface area contributed by atoms with E-state index >= 15 is 0 Å². The lowest BCUT2D eigenvalue weighted by Gasteiger charge is -2.28. The fraction of sp³-hybridized carbons (Fsp3) is 0.778. The van der Waals surface area contributed by atoms with Crippen LogP contribution < -0.4 is 0 Å². The molecule has 4 heteroatoms. The van der Waals surface area contributed by atoms with Crippen molar-refractivity contribution in [2.75, 3.05) is 6.54 Å². The van der Waals surface area contributed by atoms with Crippen LogP contribution in [0.15, 0.2) is 10.6 Å². The van der Waals surface area contributed by atoms with Crippen LogP contribution in [-0.2, 0) is 0 Å². The third-order valence-corrected chi connectivity index (χ3v) is 5.65. The molecule has 1 aromatic rings. The number of amides is 1. The zero-order chi connectivity index (χ0) is 15.5. The lowest BCUT2D eigenvalue weighted by Crippen LogP contribution is -2.39. The number of carbonyl (C=O) groups excluding carboxylic acids is 1. The summed E-state index contributed by atoms with van der Waals surface area (Å²) in [6.45, 7) is 5.18. The van der Waals surface area contributed by atoms with Gasteiger partial charge in [0.1, 0.15) is 0 Å². The average molecular weight is 304 g/mol. The minimum Gasteiger partial charge on any atom is -0.351 e. The number of rotatable bonds is 5. The second kappa shape index (κ2) is 6.84. The Labute approximate surface area is 133 Å². The highest BCUT2D eigenvalue weighted by Crippen LogP contribution is 2.36. The van der Waals surface area contributed by atoms with Crippen LogP contribution in [0.4, 0.5) is 0 Å². The van der Waals surface area contributed by atoms with Crippen LogP contribution in [0, 0.1) is 5.92 Å². The Balaban J connectivity index is 1.72. The Morgan fingerprint density at radius 1 is 1.27 bits per heavy atom. The minimum absolute atomic E-state index is 0.0547. The monoisotopic (exact) mass is 304 g/mol. The Kier molecular flexibility index (Phi) is 4.84. The van der Waals surface area contributed by atoms with E-state index < -0.39 is 0 Å². The maximum atomic E-state index is 12.8. The summed E-state index contributed by atoms with van der Waals surface area (Å²) < 4.78 is 5.39. The van der Waals surface area contributed by atoms with Gasteiger partial charge in [0.25, 0.3) is 5.91 Å². The zero-order valence-electron chi connectivity index (χ0n) is 13.9. The Bertz CT molecular complexity index is 501. The SMILES string of the molecule is CCC(CC)c1cc(C(=O)N2CCC[C@@H]2C2CCCC2)on1. The van der Waals surface area contributed by atoms with E-state index in [0.29, 0.717) is 23.6 Å². The molecule has 122 valence electrons. The number of hydrogen-bond donors (Lipinski definition) is 0. The molecule has 1 aromatic heterocycles. The summed E-state index contributed by atoms with van der Waals surface area (Å²) in [5.41, 5.74) is 0.935. The van der Waals surface area contributed by atoms with Gasteiger partial charge in [0.05, 0.1) is 5.69 Å². The summed E-state index contributed by atoms with van der Waals surface area (Å²) in [6.07, 6.45) is 9.56. The fourth-order valence-corrected chi connectivity index (χ4v) is 4.31. The maximum absolute atomic E-state index is 12.8. The van der Waals surface area contributed by atoms with E-state index in [1.54, 1.807) is 0 Å². The first-order valence-electron chi connectivity index (χ1n) is 9.02. The van der Waals surface area contributed by atoms with Crippen molar-refractivity contribution >= 4 is 5.91 Å². The molecule has 0 N–H and O–H groups in total. The molecule has 3 rings (SSSR count). The quantitative estimate of drug-likeness (QED) is 0.811. The van der Waals surface area contributed by atoms with Gasteiger partial charge in [0.2, 0.25) is 5.76 Å². The van der Waals surface area contributed by atoms with Crippen molar-refractivity contribution in [1.29, 1.82) is 0 Å². The van der Waals surface area contributed by atoms with E-state index in [1.165, 1.54) is 25.7 Å². The van der Waals surface area contributed by atoms with E-state index in [-0.39, 0.29) is 5.91 Å². The second-order valence-electron chi connectivity index (χ2n) is 6.88. The molecule has 1 saturated carbocycles. The lowest BCUT2D eigenvalue weighted by molar-refractivity contribution is 0.0647. The van der Waals surface area contributed by atoms with Crippen LogP contribution in [0.2, 0.25) is 0 Å². The minimum atomic E-state index is 0.0547. The van der Waals surface area contributed by atoms with Gasteiger partial charge in [-0.15, -0.1) is 0 Å². The molecule has 2 fully saturated rings. The summed E-state index contributed by atoms with van der Waals surface area (Å²) >= 11 is 0. The van der Waals surface area contributed by atoms with E-state index in [0.717, 1.165) is 37.9 Å². The van der Waals surface area contributed by atoms with E-state index in [1.807, 2.05) is 6.07 Å². The van der Waals surface area contributed by atoms with Gasteiger partial charge in [-0.05, 0) is 44.4 Å². The fourth-order valence-electron chi connectivity index (χ4n) is 4.31. The number of likely N-dealkylation sites (tertiary alicyclic amines) is 1. The number of hydrogen-bond acceptors (Lipinski definition) is 3. The third-order valence-electron chi connectivity index (χ3n) is 5.65. The highest BCUT2D eigenvalue weighted by atomic mass is 16.5. The van der Waals surface area contributed by atoms with Crippen molar-refractivity contribution in [3.8, 4) is 0 Å². The first-order valence-corrected chi connectivity index (χ1v) is 9.02. The highest BCUT2D eigenvalue weighted by molar-refractivity contribution is 5.92. The molecule has 2 aliphatic rings. The van der Waals surface area contributed by atoms with Crippen molar-refractivity contribution in [2.24, 2.45) is 5.92 Å². The molecular formula is C18H28N2O2. The van der Waals surface area contributed by atoms with Gasteiger partial charge < -0.3 is 9.42 Å². The molecule has 1 aliphatic heterocycles. The predicted octanol–water partition coefficient (Wildman–Crippen LogP) is 4.37. The number of nitrogens with zero attached hydrogens (tertiary/aromatic N) is 2.